The largest absolute Gasteiger partial charge is 0.339 e. The van der Waals surface area contributed by atoms with Gasteiger partial charge in [-0.15, -0.1) is 0 Å². The molecule has 2 rings (SSSR count). The van der Waals surface area contributed by atoms with E-state index < -0.39 is 0 Å². The van der Waals surface area contributed by atoms with Crippen molar-refractivity contribution in [3.63, 3.8) is 0 Å². The second-order valence-corrected chi connectivity index (χ2v) is 6.83. The van der Waals surface area contributed by atoms with Crippen molar-refractivity contribution in [1.82, 2.24) is 9.80 Å². The molecule has 126 valence electrons. The van der Waals surface area contributed by atoms with Gasteiger partial charge in [-0.1, -0.05) is 45.0 Å². The Morgan fingerprint density at radius 1 is 0.957 bits per heavy atom. The van der Waals surface area contributed by atoms with Gasteiger partial charge in [-0.2, -0.15) is 0 Å². The third-order valence-electron chi connectivity index (χ3n) is 4.65. The van der Waals surface area contributed by atoms with Gasteiger partial charge in [0.25, 0.3) is 0 Å². The SMILES string of the molecule is CC(=O)N1CCN(C(=O)C(C)Cc2ccc(C(C)C)cc2)CC1. The number of piperazine rings is 1. The molecule has 0 saturated carbocycles. The Morgan fingerprint density at radius 3 is 1.96 bits per heavy atom. The molecule has 1 aromatic rings. The maximum absolute atomic E-state index is 12.6. The van der Waals surface area contributed by atoms with Crippen molar-refractivity contribution in [2.45, 2.75) is 40.0 Å². The molecular formula is C19H28N2O2. The van der Waals surface area contributed by atoms with Crippen molar-refractivity contribution in [1.29, 1.82) is 0 Å². The molecule has 1 aliphatic heterocycles. The lowest BCUT2D eigenvalue weighted by molar-refractivity contribution is -0.140. The summed E-state index contributed by atoms with van der Waals surface area (Å²) in [4.78, 5) is 27.6. The average Bonchev–Trinajstić information content (AvgIpc) is 2.54. The van der Waals surface area contributed by atoms with Crippen molar-refractivity contribution in [2.24, 2.45) is 5.92 Å². The van der Waals surface area contributed by atoms with Crippen LogP contribution >= 0.6 is 0 Å². The van der Waals surface area contributed by atoms with Gasteiger partial charge < -0.3 is 9.80 Å². The molecule has 0 bridgehead atoms. The molecule has 1 atom stereocenters. The summed E-state index contributed by atoms with van der Waals surface area (Å²) in [6, 6.07) is 8.57. The fraction of sp³-hybridized carbons (Fsp3) is 0.579. The van der Waals surface area contributed by atoms with Gasteiger partial charge in [-0.05, 0) is 23.5 Å². The van der Waals surface area contributed by atoms with Crippen LogP contribution in [0.25, 0.3) is 0 Å². The van der Waals surface area contributed by atoms with Crippen molar-refractivity contribution in [3.8, 4) is 0 Å². The Balaban J connectivity index is 1.89. The Labute approximate surface area is 139 Å². The Morgan fingerprint density at radius 2 is 1.48 bits per heavy atom. The summed E-state index contributed by atoms with van der Waals surface area (Å²) in [6.07, 6.45) is 0.768. The first-order chi connectivity index (χ1) is 10.9. The van der Waals surface area contributed by atoms with Gasteiger partial charge in [0.1, 0.15) is 0 Å². The molecule has 1 aromatic carbocycles. The minimum Gasteiger partial charge on any atom is -0.339 e. The molecule has 1 saturated heterocycles. The Bertz CT molecular complexity index is 543. The van der Waals surface area contributed by atoms with Crippen LogP contribution in [0.3, 0.4) is 0 Å². The Kier molecular flexibility index (Phi) is 5.80. The number of rotatable bonds is 4. The fourth-order valence-electron chi connectivity index (χ4n) is 3.03. The third-order valence-corrected chi connectivity index (χ3v) is 4.65. The van der Waals surface area contributed by atoms with E-state index in [0.29, 0.717) is 32.1 Å². The molecule has 1 fully saturated rings. The first-order valence-electron chi connectivity index (χ1n) is 8.51. The molecule has 0 aromatic heterocycles. The topological polar surface area (TPSA) is 40.6 Å². The molecule has 1 aliphatic rings. The van der Waals surface area contributed by atoms with Gasteiger partial charge in [0.15, 0.2) is 0 Å². The molecule has 0 radical (unpaired) electrons. The number of nitrogens with zero attached hydrogens (tertiary/aromatic N) is 2. The molecule has 1 heterocycles. The van der Waals surface area contributed by atoms with Crippen LogP contribution in [0.4, 0.5) is 0 Å². The summed E-state index contributed by atoms with van der Waals surface area (Å²) in [6.45, 7) is 10.5. The van der Waals surface area contributed by atoms with Crippen LogP contribution in [0.2, 0.25) is 0 Å². The quantitative estimate of drug-likeness (QED) is 0.857. The second-order valence-electron chi connectivity index (χ2n) is 6.83. The molecule has 2 amide bonds. The molecule has 0 spiro atoms. The number of carbonyl (C=O) groups is 2. The zero-order chi connectivity index (χ0) is 17.0. The highest BCUT2D eigenvalue weighted by molar-refractivity contribution is 5.79. The summed E-state index contributed by atoms with van der Waals surface area (Å²) in [5.74, 6) is 0.793. The minimum absolute atomic E-state index is 0.0243. The van der Waals surface area contributed by atoms with Gasteiger partial charge in [0.05, 0.1) is 0 Å². The number of benzene rings is 1. The normalized spacial score (nSPS) is 16.6. The van der Waals surface area contributed by atoms with E-state index in [-0.39, 0.29) is 17.7 Å². The minimum atomic E-state index is -0.0243. The van der Waals surface area contributed by atoms with E-state index >= 15 is 0 Å². The number of amides is 2. The molecule has 23 heavy (non-hydrogen) atoms. The maximum Gasteiger partial charge on any atom is 0.225 e. The Hall–Kier alpha value is -1.84. The number of carbonyl (C=O) groups excluding carboxylic acids is 2. The van der Waals surface area contributed by atoms with Crippen LogP contribution in [-0.2, 0) is 16.0 Å². The summed E-state index contributed by atoms with van der Waals surface area (Å²) in [5, 5.41) is 0. The van der Waals surface area contributed by atoms with E-state index in [4.69, 9.17) is 0 Å². The van der Waals surface area contributed by atoms with Crippen LogP contribution in [0.1, 0.15) is 44.7 Å². The first-order valence-corrected chi connectivity index (χ1v) is 8.51. The highest BCUT2D eigenvalue weighted by Crippen LogP contribution is 2.18. The summed E-state index contributed by atoms with van der Waals surface area (Å²) < 4.78 is 0. The molecule has 4 heteroatoms. The predicted molar refractivity (Wildman–Crippen MR) is 92.2 cm³/mol. The lowest BCUT2D eigenvalue weighted by Gasteiger charge is -2.35. The van der Waals surface area contributed by atoms with Crippen LogP contribution in [-0.4, -0.2) is 47.8 Å². The molecule has 1 unspecified atom stereocenters. The van der Waals surface area contributed by atoms with Crippen LogP contribution < -0.4 is 0 Å². The first kappa shape index (κ1) is 17.5. The van der Waals surface area contributed by atoms with Crippen molar-refractivity contribution in [2.75, 3.05) is 26.2 Å². The second kappa shape index (κ2) is 7.62. The zero-order valence-electron chi connectivity index (χ0n) is 14.7. The molecule has 4 nitrogen and oxygen atoms in total. The van der Waals surface area contributed by atoms with Gasteiger partial charge in [0, 0.05) is 39.0 Å². The zero-order valence-corrected chi connectivity index (χ0v) is 14.7. The third kappa shape index (κ3) is 4.57. The van der Waals surface area contributed by atoms with Crippen molar-refractivity contribution < 1.29 is 9.59 Å². The van der Waals surface area contributed by atoms with Crippen LogP contribution in [0, 0.1) is 5.92 Å². The van der Waals surface area contributed by atoms with Crippen LogP contribution in [0.5, 0.6) is 0 Å². The average molecular weight is 316 g/mol. The van der Waals surface area contributed by atoms with E-state index in [9.17, 15) is 9.59 Å². The van der Waals surface area contributed by atoms with E-state index in [1.807, 2.05) is 11.8 Å². The predicted octanol–water partition coefficient (Wildman–Crippen LogP) is 2.68. The lowest BCUT2D eigenvalue weighted by atomic mass is 9.96. The van der Waals surface area contributed by atoms with Gasteiger partial charge >= 0.3 is 0 Å². The lowest BCUT2D eigenvalue weighted by Crippen LogP contribution is -2.51. The van der Waals surface area contributed by atoms with Crippen LogP contribution in [0.15, 0.2) is 24.3 Å². The molecule has 0 aliphatic carbocycles. The summed E-state index contributed by atoms with van der Waals surface area (Å²) in [7, 11) is 0. The van der Waals surface area contributed by atoms with Gasteiger partial charge in [-0.3, -0.25) is 9.59 Å². The standard InChI is InChI=1S/C19H28N2O2/c1-14(2)18-7-5-17(6-8-18)13-15(3)19(23)21-11-9-20(10-12-21)16(4)22/h5-8,14-15H,9-13H2,1-4H3. The maximum atomic E-state index is 12.6. The van der Waals surface area contributed by atoms with E-state index in [1.54, 1.807) is 11.8 Å². The van der Waals surface area contributed by atoms with E-state index in [2.05, 4.69) is 38.1 Å². The summed E-state index contributed by atoms with van der Waals surface area (Å²) in [5.41, 5.74) is 2.53. The fourth-order valence-corrected chi connectivity index (χ4v) is 3.03. The number of hydrogen-bond donors (Lipinski definition) is 0. The van der Waals surface area contributed by atoms with E-state index in [0.717, 1.165) is 6.42 Å². The molecule has 0 N–H and O–H groups in total. The monoisotopic (exact) mass is 316 g/mol. The number of hydrogen-bond acceptors (Lipinski definition) is 2. The van der Waals surface area contributed by atoms with Gasteiger partial charge in [0.2, 0.25) is 11.8 Å². The molecular weight excluding hydrogens is 288 g/mol. The smallest absolute Gasteiger partial charge is 0.225 e. The van der Waals surface area contributed by atoms with E-state index in [1.165, 1.54) is 11.1 Å². The summed E-state index contributed by atoms with van der Waals surface area (Å²) >= 11 is 0. The van der Waals surface area contributed by atoms with Crippen molar-refractivity contribution in [3.05, 3.63) is 35.4 Å². The van der Waals surface area contributed by atoms with Crippen molar-refractivity contribution >= 4 is 11.8 Å². The highest BCUT2D eigenvalue weighted by atomic mass is 16.2. The van der Waals surface area contributed by atoms with Gasteiger partial charge in [-0.25, -0.2) is 0 Å². The highest BCUT2D eigenvalue weighted by Gasteiger charge is 2.25.